The number of rotatable bonds is 9. The Balaban J connectivity index is 2.07. The molecule has 2 rings (SSSR count). The molecule has 0 saturated carbocycles. The van der Waals surface area contributed by atoms with Crippen LogP contribution in [0.1, 0.15) is 59.3 Å². The maximum absolute atomic E-state index is 12.7. The van der Waals surface area contributed by atoms with Gasteiger partial charge in [0.1, 0.15) is 5.75 Å². The van der Waals surface area contributed by atoms with E-state index < -0.39 is 0 Å². The Morgan fingerprint density at radius 3 is 2.54 bits per heavy atom. The molecule has 0 N–H and O–H groups in total. The fraction of sp³-hybridized carbons (Fsp3) is 0.478. The van der Waals surface area contributed by atoms with E-state index >= 15 is 0 Å². The highest BCUT2D eigenvalue weighted by molar-refractivity contribution is 5.98. The van der Waals surface area contributed by atoms with Gasteiger partial charge in [-0.3, -0.25) is 9.59 Å². The Morgan fingerprint density at radius 2 is 1.89 bits per heavy atom. The summed E-state index contributed by atoms with van der Waals surface area (Å²) in [7, 11) is 1.76. The molecule has 0 aliphatic rings. The van der Waals surface area contributed by atoms with Crippen molar-refractivity contribution in [2.75, 3.05) is 20.2 Å². The number of hydrogen-bond acceptors (Lipinski definition) is 3. The number of carbonyl (C=O) groups excluding carboxylic acids is 2. The van der Waals surface area contributed by atoms with Gasteiger partial charge >= 0.3 is 0 Å². The first-order chi connectivity index (χ1) is 13.2. The summed E-state index contributed by atoms with van der Waals surface area (Å²) < 4.78 is 7.90. The normalized spacial score (nSPS) is 11.0. The highest BCUT2D eigenvalue weighted by atomic mass is 16.5. The number of aryl methyl sites for hydroxylation is 1. The van der Waals surface area contributed by atoms with Crippen molar-refractivity contribution in [3.63, 3.8) is 0 Å². The van der Waals surface area contributed by atoms with Gasteiger partial charge in [-0.1, -0.05) is 19.9 Å². The first-order valence-electron chi connectivity index (χ1n) is 9.92. The third-order valence-corrected chi connectivity index (χ3v) is 5.08. The van der Waals surface area contributed by atoms with Gasteiger partial charge in [0.25, 0.3) is 5.91 Å². The maximum Gasteiger partial charge on any atom is 0.253 e. The van der Waals surface area contributed by atoms with Gasteiger partial charge in [0, 0.05) is 42.7 Å². The number of amides is 1. The smallest absolute Gasteiger partial charge is 0.253 e. The molecular weight excluding hydrogens is 352 g/mol. The van der Waals surface area contributed by atoms with Crippen LogP contribution in [0.2, 0.25) is 0 Å². The number of ether oxygens (including phenoxy) is 1. The largest absolute Gasteiger partial charge is 0.485 e. The lowest BCUT2D eigenvalue weighted by atomic mass is 10.1. The van der Waals surface area contributed by atoms with Crippen molar-refractivity contribution in [1.82, 2.24) is 9.47 Å². The highest BCUT2D eigenvalue weighted by Crippen LogP contribution is 2.19. The summed E-state index contributed by atoms with van der Waals surface area (Å²) in [5, 5.41) is 0. The molecule has 1 amide bonds. The van der Waals surface area contributed by atoms with Gasteiger partial charge in [-0.2, -0.15) is 0 Å². The zero-order valence-electron chi connectivity index (χ0n) is 17.9. The zero-order chi connectivity index (χ0) is 20.8. The standard InChI is InChI=1S/C23H32N2O3/c1-7-24(6)23(27)19-9-8-10-20(14-19)28-15-22(26)21-13-17(4)25(18(21)5)12-11-16(2)3/h8-10,13-14,16H,7,11-12,15H2,1-6H3. The molecule has 0 fully saturated rings. The van der Waals surface area contributed by atoms with E-state index in [9.17, 15) is 9.59 Å². The van der Waals surface area contributed by atoms with Gasteiger partial charge in [0.05, 0.1) is 0 Å². The van der Waals surface area contributed by atoms with Crippen LogP contribution in [-0.4, -0.2) is 41.4 Å². The van der Waals surface area contributed by atoms with Gasteiger partial charge in [-0.15, -0.1) is 0 Å². The number of ketones is 1. The maximum atomic E-state index is 12.7. The summed E-state index contributed by atoms with van der Waals surface area (Å²) in [6.45, 7) is 11.8. The number of nitrogens with zero attached hydrogens (tertiary/aromatic N) is 2. The average molecular weight is 385 g/mol. The van der Waals surface area contributed by atoms with Gasteiger partial charge in [0.2, 0.25) is 5.78 Å². The lowest BCUT2D eigenvalue weighted by molar-refractivity contribution is 0.0802. The summed E-state index contributed by atoms with van der Waals surface area (Å²) in [6, 6.07) is 8.92. The fourth-order valence-corrected chi connectivity index (χ4v) is 3.12. The number of hydrogen-bond donors (Lipinski definition) is 0. The SMILES string of the molecule is CCN(C)C(=O)c1cccc(OCC(=O)c2cc(C)n(CCC(C)C)c2C)c1. The molecule has 2 aromatic rings. The van der Waals surface area contributed by atoms with Crippen LogP contribution in [-0.2, 0) is 6.54 Å². The van der Waals surface area contributed by atoms with E-state index in [1.165, 1.54) is 0 Å². The van der Waals surface area contributed by atoms with E-state index in [4.69, 9.17) is 4.74 Å². The van der Waals surface area contributed by atoms with Crippen LogP contribution >= 0.6 is 0 Å². The van der Waals surface area contributed by atoms with E-state index in [0.29, 0.717) is 29.3 Å². The van der Waals surface area contributed by atoms with Gasteiger partial charge in [0.15, 0.2) is 6.61 Å². The molecule has 0 atom stereocenters. The van der Waals surface area contributed by atoms with Crippen molar-refractivity contribution < 1.29 is 14.3 Å². The topological polar surface area (TPSA) is 51.5 Å². The molecular formula is C23H32N2O3. The molecule has 28 heavy (non-hydrogen) atoms. The summed E-state index contributed by atoms with van der Waals surface area (Å²) in [6.07, 6.45) is 1.08. The Bertz CT molecular complexity index is 836. The summed E-state index contributed by atoms with van der Waals surface area (Å²) in [5.74, 6) is 1.03. The Morgan fingerprint density at radius 1 is 1.18 bits per heavy atom. The molecule has 0 spiro atoms. The van der Waals surface area contributed by atoms with Crippen molar-refractivity contribution in [2.45, 2.75) is 47.6 Å². The predicted molar refractivity (Wildman–Crippen MR) is 112 cm³/mol. The fourth-order valence-electron chi connectivity index (χ4n) is 3.12. The van der Waals surface area contributed by atoms with Crippen LogP contribution in [0.5, 0.6) is 5.75 Å². The van der Waals surface area contributed by atoms with Crippen LogP contribution in [0.25, 0.3) is 0 Å². The van der Waals surface area contributed by atoms with Crippen LogP contribution in [0.3, 0.4) is 0 Å². The second kappa shape index (κ2) is 9.58. The average Bonchev–Trinajstić information content (AvgIpc) is 2.97. The summed E-state index contributed by atoms with van der Waals surface area (Å²) >= 11 is 0. The monoisotopic (exact) mass is 384 g/mol. The quantitative estimate of drug-likeness (QED) is 0.598. The Kier molecular flexibility index (Phi) is 7.44. The van der Waals surface area contributed by atoms with Crippen molar-refractivity contribution in [1.29, 1.82) is 0 Å². The molecule has 0 aliphatic carbocycles. The molecule has 5 nitrogen and oxygen atoms in total. The van der Waals surface area contributed by atoms with Crippen LogP contribution < -0.4 is 4.74 Å². The van der Waals surface area contributed by atoms with E-state index in [1.807, 2.05) is 26.8 Å². The molecule has 1 aromatic heterocycles. The van der Waals surface area contributed by atoms with Crippen molar-refractivity contribution >= 4 is 11.7 Å². The van der Waals surface area contributed by atoms with E-state index in [-0.39, 0.29) is 18.3 Å². The number of carbonyl (C=O) groups is 2. The van der Waals surface area contributed by atoms with E-state index in [0.717, 1.165) is 24.4 Å². The molecule has 0 bridgehead atoms. The highest BCUT2D eigenvalue weighted by Gasteiger charge is 2.17. The molecule has 1 aromatic carbocycles. The lowest BCUT2D eigenvalue weighted by Crippen LogP contribution is -2.26. The lowest BCUT2D eigenvalue weighted by Gasteiger charge is -2.15. The second-order valence-electron chi connectivity index (χ2n) is 7.68. The summed E-state index contributed by atoms with van der Waals surface area (Å²) in [4.78, 5) is 26.6. The zero-order valence-corrected chi connectivity index (χ0v) is 17.9. The number of aromatic nitrogens is 1. The summed E-state index contributed by atoms with van der Waals surface area (Å²) in [5.41, 5.74) is 3.34. The minimum Gasteiger partial charge on any atom is -0.485 e. The van der Waals surface area contributed by atoms with E-state index in [2.05, 4.69) is 18.4 Å². The Hall–Kier alpha value is -2.56. The molecule has 0 saturated heterocycles. The molecule has 0 aliphatic heterocycles. The van der Waals surface area contributed by atoms with Gasteiger partial charge in [-0.05, 0) is 57.4 Å². The van der Waals surface area contributed by atoms with Crippen molar-refractivity contribution in [2.24, 2.45) is 5.92 Å². The minimum atomic E-state index is -0.0621. The first-order valence-corrected chi connectivity index (χ1v) is 9.92. The van der Waals surface area contributed by atoms with Crippen molar-refractivity contribution in [3.8, 4) is 5.75 Å². The van der Waals surface area contributed by atoms with Crippen LogP contribution in [0.4, 0.5) is 0 Å². The first kappa shape index (κ1) is 21.7. The Labute approximate surface area is 168 Å². The minimum absolute atomic E-state index is 0.0459. The second-order valence-corrected chi connectivity index (χ2v) is 7.68. The molecule has 0 unspecified atom stereocenters. The third-order valence-electron chi connectivity index (χ3n) is 5.08. The molecule has 0 radical (unpaired) electrons. The van der Waals surface area contributed by atoms with Crippen LogP contribution in [0, 0.1) is 19.8 Å². The number of benzene rings is 1. The van der Waals surface area contributed by atoms with Gasteiger partial charge in [-0.25, -0.2) is 0 Å². The van der Waals surface area contributed by atoms with Crippen molar-refractivity contribution in [3.05, 3.63) is 52.8 Å². The molecule has 5 heteroatoms. The predicted octanol–water partition coefficient (Wildman–Crippen LogP) is 4.50. The molecule has 1 heterocycles. The number of Topliss-reactive ketones (excluding diaryl/α,β-unsaturated/α-hetero) is 1. The van der Waals surface area contributed by atoms with Crippen LogP contribution in [0.15, 0.2) is 30.3 Å². The molecule has 152 valence electrons. The third kappa shape index (κ3) is 5.24. The van der Waals surface area contributed by atoms with Gasteiger partial charge < -0.3 is 14.2 Å². The van der Waals surface area contributed by atoms with E-state index in [1.54, 1.807) is 36.2 Å².